The molecule has 104 valence electrons. The highest BCUT2D eigenvalue weighted by Crippen LogP contribution is 2.33. The summed E-state index contributed by atoms with van der Waals surface area (Å²) in [5, 5.41) is 13.7. The van der Waals surface area contributed by atoms with E-state index >= 15 is 0 Å². The molecule has 2 aromatic heterocycles. The molecule has 0 saturated carbocycles. The number of ether oxygens (including phenoxy) is 1. The molecule has 0 aliphatic carbocycles. The number of anilines is 1. The number of aliphatic hydroxyl groups excluding tert-OH is 1. The van der Waals surface area contributed by atoms with Crippen molar-refractivity contribution in [3.05, 3.63) is 29.0 Å². The molecular weight excluding hydrogens is 262 g/mol. The lowest BCUT2D eigenvalue weighted by Gasteiger charge is -2.14. The highest BCUT2D eigenvalue weighted by molar-refractivity contribution is 5.86. The second-order valence-corrected chi connectivity index (χ2v) is 4.54. The van der Waals surface area contributed by atoms with Crippen LogP contribution in [0.15, 0.2) is 23.7 Å². The van der Waals surface area contributed by atoms with Crippen molar-refractivity contribution >= 4 is 16.9 Å². The molecule has 0 amide bonds. The van der Waals surface area contributed by atoms with Gasteiger partial charge >= 0.3 is 0 Å². The van der Waals surface area contributed by atoms with Crippen molar-refractivity contribution < 1.29 is 9.84 Å². The maximum absolute atomic E-state index is 9.27. The summed E-state index contributed by atoms with van der Waals surface area (Å²) < 4.78 is 7.52. The number of fused-ring (bicyclic) bond motifs is 1. The molecule has 0 radical (unpaired) electrons. The lowest BCUT2D eigenvalue weighted by Crippen LogP contribution is -2.22. The molecule has 3 rings (SSSR count). The monoisotopic (exact) mass is 275 g/mol. The zero-order valence-corrected chi connectivity index (χ0v) is 10.5. The molecule has 1 fully saturated rings. The number of azide groups is 1. The minimum atomic E-state index is -0.507. The molecule has 9 heteroatoms. The highest BCUT2D eigenvalue weighted by atomic mass is 16.5. The third-order valence-electron chi connectivity index (χ3n) is 3.43. The van der Waals surface area contributed by atoms with E-state index < -0.39 is 12.1 Å². The SMILES string of the molecule is [N-]=[N+]=N[C@@H]1C[C@H](n2ccc3c(N)ncnc32)O[C@@H]1CO. The molecule has 3 atom stereocenters. The second kappa shape index (κ2) is 4.97. The minimum Gasteiger partial charge on any atom is -0.394 e. The Morgan fingerprint density at radius 1 is 1.60 bits per heavy atom. The van der Waals surface area contributed by atoms with E-state index in [2.05, 4.69) is 20.0 Å². The average molecular weight is 275 g/mol. The summed E-state index contributed by atoms with van der Waals surface area (Å²) >= 11 is 0. The van der Waals surface area contributed by atoms with Gasteiger partial charge in [-0.3, -0.25) is 0 Å². The lowest BCUT2D eigenvalue weighted by molar-refractivity contribution is -0.0230. The number of nitrogens with zero attached hydrogens (tertiary/aromatic N) is 6. The van der Waals surface area contributed by atoms with Gasteiger partial charge in [-0.15, -0.1) is 0 Å². The Hall–Kier alpha value is -2.35. The number of nitrogens with two attached hydrogens (primary N) is 1. The van der Waals surface area contributed by atoms with Crippen LogP contribution in [0.1, 0.15) is 12.6 Å². The first-order valence-corrected chi connectivity index (χ1v) is 6.12. The van der Waals surface area contributed by atoms with E-state index in [1.165, 1.54) is 6.33 Å². The molecule has 20 heavy (non-hydrogen) atoms. The Balaban J connectivity index is 1.96. The fourth-order valence-electron chi connectivity index (χ4n) is 2.46. The van der Waals surface area contributed by atoms with Crippen LogP contribution in [0, 0.1) is 0 Å². The third-order valence-corrected chi connectivity index (χ3v) is 3.43. The first-order chi connectivity index (χ1) is 9.74. The van der Waals surface area contributed by atoms with Gasteiger partial charge in [-0.2, -0.15) is 0 Å². The van der Waals surface area contributed by atoms with E-state index in [9.17, 15) is 5.11 Å². The Morgan fingerprint density at radius 2 is 2.45 bits per heavy atom. The molecule has 1 aliphatic heterocycles. The quantitative estimate of drug-likeness (QED) is 0.488. The molecule has 1 aliphatic rings. The first-order valence-electron chi connectivity index (χ1n) is 6.12. The van der Waals surface area contributed by atoms with Crippen LogP contribution in [0.4, 0.5) is 5.82 Å². The fraction of sp³-hybridized carbons (Fsp3) is 0.455. The van der Waals surface area contributed by atoms with E-state index in [0.29, 0.717) is 17.9 Å². The van der Waals surface area contributed by atoms with Gasteiger partial charge in [0.05, 0.1) is 24.1 Å². The molecule has 0 spiro atoms. The van der Waals surface area contributed by atoms with Gasteiger partial charge in [-0.25, -0.2) is 9.97 Å². The normalized spacial score (nSPS) is 25.8. The van der Waals surface area contributed by atoms with Crippen LogP contribution < -0.4 is 5.73 Å². The molecule has 3 heterocycles. The van der Waals surface area contributed by atoms with Gasteiger partial charge in [-0.1, -0.05) is 5.11 Å². The summed E-state index contributed by atoms with van der Waals surface area (Å²) in [6.07, 6.45) is 2.80. The summed E-state index contributed by atoms with van der Waals surface area (Å²) in [5.74, 6) is 0.400. The van der Waals surface area contributed by atoms with E-state index in [1.807, 2.05) is 10.6 Å². The number of hydrogen-bond acceptors (Lipinski definition) is 6. The Kier molecular flexibility index (Phi) is 3.15. The van der Waals surface area contributed by atoms with E-state index in [1.54, 1.807) is 6.20 Å². The van der Waals surface area contributed by atoms with Crippen molar-refractivity contribution in [1.29, 1.82) is 0 Å². The maximum Gasteiger partial charge on any atom is 0.147 e. The molecule has 2 aromatic rings. The van der Waals surface area contributed by atoms with E-state index in [-0.39, 0.29) is 12.8 Å². The van der Waals surface area contributed by atoms with Crippen molar-refractivity contribution in [3.8, 4) is 0 Å². The summed E-state index contributed by atoms with van der Waals surface area (Å²) in [6, 6.07) is 1.41. The number of hydrogen-bond donors (Lipinski definition) is 2. The zero-order valence-electron chi connectivity index (χ0n) is 10.5. The Bertz CT molecular complexity index is 678. The molecule has 0 aromatic carbocycles. The molecule has 3 N–H and O–H groups in total. The summed E-state index contributed by atoms with van der Waals surface area (Å²) in [6.45, 7) is -0.198. The van der Waals surface area contributed by atoms with Gasteiger partial charge in [0, 0.05) is 17.5 Å². The average Bonchev–Trinajstić information content (AvgIpc) is 3.03. The second-order valence-electron chi connectivity index (χ2n) is 4.54. The molecule has 1 saturated heterocycles. The van der Waals surface area contributed by atoms with Gasteiger partial charge < -0.3 is 20.1 Å². The topological polar surface area (TPSA) is 135 Å². The van der Waals surface area contributed by atoms with Gasteiger partial charge in [0.2, 0.25) is 0 Å². The number of aromatic nitrogens is 3. The Morgan fingerprint density at radius 3 is 3.20 bits per heavy atom. The summed E-state index contributed by atoms with van der Waals surface area (Å²) in [7, 11) is 0. The van der Waals surface area contributed by atoms with Gasteiger partial charge in [0.15, 0.2) is 0 Å². The number of nitrogen functional groups attached to an aromatic ring is 1. The van der Waals surface area contributed by atoms with E-state index in [4.69, 9.17) is 16.0 Å². The largest absolute Gasteiger partial charge is 0.394 e. The van der Waals surface area contributed by atoms with Crippen molar-refractivity contribution in [2.75, 3.05) is 12.3 Å². The maximum atomic E-state index is 9.27. The van der Waals surface area contributed by atoms with Crippen LogP contribution in [0.5, 0.6) is 0 Å². The predicted octanol–water partition coefficient (Wildman–Crippen LogP) is 0.972. The lowest BCUT2D eigenvalue weighted by atomic mass is 10.1. The highest BCUT2D eigenvalue weighted by Gasteiger charge is 2.35. The number of rotatable bonds is 3. The molecular formula is C11H13N7O2. The Labute approximate surface area is 113 Å². The zero-order chi connectivity index (χ0) is 14.1. The smallest absolute Gasteiger partial charge is 0.147 e. The minimum absolute atomic E-state index is 0.198. The standard InChI is InChI=1S/C11H13N7O2/c12-10-6-1-2-18(11(6)15-5-14-10)9-3-7(16-17-13)8(4-19)20-9/h1-2,5,7-9,19H,3-4H2,(H2,12,14,15)/t7-,8-,9-/m1/s1. The van der Waals surface area contributed by atoms with Gasteiger partial charge in [-0.05, 0) is 11.6 Å². The van der Waals surface area contributed by atoms with Crippen LogP contribution in [-0.2, 0) is 4.74 Å². The molecule has 0 bridgehead atoms. The van der Waals surface area contributed by atoms with Crippen molar-refractivity contribution in [2.45, 2.75) is 24.8 Å². The third kappa shape index (κ3) is 1.94. The fourth-order valence-corrected chi connectivity index (χ4v) is 2.46. The van der Waals surface area contributed by atoms with Crippen molar-refractivity contribution in [2.24, 2.45) is 5.11 Å². The van der Waals surface area contributed by atoms with Crippen LogP contribution in [0.3, 0.4) is 0 Å². The molecule has 0 unspecified atom stereocenters. The van der Waals surface area contributed by atoms with Crippen LogP contribution >= 0.6 is 0 Å². The molecule has 9 nitrogen and oxygen atoms in total. The summed E-state index contributed by atoms with van der Waals surface area (Å²) in [5.41, 5.74) is 15.0. The van der Waals surface area contributed by atoms with Crippen LogP contribution in [0.25, 0.3) is 21.5 Å². The summed E-state index contributed by atoms with van der Waals surface area (Å²) in [4.78, 5) is 10.9. The predicted molar refractivity (Wildman–Crippen MR) is 70.5 cm³/mol. The van der Waals surface area contributed by atoms with Crippen molar-refractivity contribution in [1.82, 2.24) is 14.5 Å². The van der Waals surface area contributed by atoms with E-state index in [0.717, 1.165) is 5.39 Å². The van der Waals surface area contributed by atoms with Gasteiger partial charge in [0.25, 0.3) is 0 Å². The van der Waals surface area contributed by atoms with Crippen LogP contribution in [-0.4, -0.2) is 38.4 Å². The van der Waals surface area contributed by atoms with Crippen LogP contribution in [0.2, 0.25) is 0 Å². The van der Waals surface area contributed by atoms with Gasteiger partial charge in [0.1, 0.15) is 24.0 Å². The van der Waals surface area contributed by atoms with Crippen molar-refractivity contribution in [3.63, 3.8) is 0 Å². The first kappa shape index (κ1) is 12.7. The number of aliphatic hydroxyl groups is 1.